The van der Waals surface area contributed by atoms with Crippen LogP contribution in [0.15, 0.2) is 0 Å². The van der Waals surface area contributed by atoms with Gasteiger partial charge in [0.15, 0.2) is 24.8 Å². The average molecular weight is 556 g/mol. The van der Waals surface area contributed by atoms with Gasteiger partial charge in [0.2, 0.25) is 20.8 Å². The Morgan fingerprint density at radius 2 is 1.24 bits per heavy atom. The Balaban J connectivity index is 0.00000544. The van der Waals surface area contributed by atoms with Crippen LogP contribution >= 0.6 is 0 Å². The molecule has 2 fully saturated rings. The number of aliphatic hydroxyl groups is 3. The molecule has 34 heavy (non-hydrogen) atoms. The van der Waals surface area contributed by atoms with E-state index in [1.807, 2.05) is 0 Å². The Kier molecular flexibility index (Phi) is 15.2. The predicted molar refractivity (Wildman–Crippen MR) is 96.9 cm³/mol. The molecule has 0 spiro atoms. The fraction of sp³-hybridized carbons (Fsp3) is 1.00. The van der Waals surface area contributed by atoms with Crippen LogP contribution in [0.1, 0.15) is 27.2 Å². The Morgan fingerprint density at radius 3 is 1.74 bits per heavy atom. The number of hydrogen-bond donors (Lipinski definition) is 3. The van der Waals surface area contributed by atoms with Crippen LogP contribution in [0.2, 0.25) is 0 Å². The third kappa shape index (κ3) is 9.97. The molecule has 0 aromatic carbocycles. The Hall–Kier alpha value is 1.46. The van der Waals surface area contributed by atoms with Crippen LogP contribution in [0.3, 0.4) is 0 Å². The smallest absolute Gasteiger partial charge is 0.726 e. The van der Waals surface area contributed by atoms with Gasteiger partial charge in [-0.1, -0.05) is 6.92 Å². The molecule has 2 saturated heterocycles. The molecule has 10 atom stereocenters. The molecule has 19 heteroatoms. The van der Waals surface area contributed by atoms with Crippen molar-refractivity contribution in [3.63, 3.8) is 0 Å². The van der Waals surface area contributed by atoms with Gasteiger partial charge in [0.25, 0.3) is 0 Å². The van der Waals surface area contributed by atoms with Gasteiger partial charge >= 0.3 is 59.1 Å². The minimum atomic E-state index is -5.43. The molecule has 0 aliphatic carbocycles. The van der Waals surface area contributed by atoms with E-state index in [1.165, 1.54) is 13.8 Å². The second-order valence-corrected chi connectivity index (χ2v) is 9.32. The van der Waals surface area contributed by atoms with Crippen LogP contribution in [0, 0.1) is 0 Å². The van der Waals surface area contributed by atoms with Crippen LogP contribution in [-0.4, -0.2) is 109 Å². The van der Waals surface area contributed by atoms with E-state index in [-0.39, 0.29) is 65.7 Å². The van der Waals surface area contributed by atoms with Gasteiger partial charge in [-0.25, -0.2) is 16.8 Å². The summed E-state index contributed by atoms with van der Waals surface area (Å²) in [6.45, 7) is 4.41. The van der Waals surface area contributed by atoms with Crippen molar-refractivity contribution in [3.05, 3.63) is 0 Å². The van der Waals surface area contributed by atoms with Gasteiger partial charge < -0.3 is 43.4 Å². The van der Waals surface area contributed by atoms with Crippen molar-refractivity contribution in [3.8, 4) is 0 Å². The molecule has 0 amide bonds. The SMILES string of the molecule is CCCO[C@@H]1O[C@@H](C)[C@@H](O)[C@@H](O[C@@H]2O[C@@H](C)[C@@H](O)[C@@H](O)[C@@H]2OS(=O)(=O)[O-])[C@@H]1OS(=O)(=O)[O-].[Na+].[Na+]. The largest absolute Gasteiger partial charge is 1.00 e. The summed E-state index contributed by atoms with van der Waals surface area (Å²) in [6, 6.07) is 0. The standard InChI is InChI=1S/C15H28O15S2.2Na/c1-4-5-25-14-13(30-32(22,23)24)11(9(17)7(3)26-14)28-15-12(29-31(19,20)21)10(18)8(16)6(2)27-15;;/h6-18H,4-5H2,1-3H3,(H,19,20,21)(H,22,23,24);;/q;2*+1/p-2/t6-,7-,8+,9+,10+,11+,12-,13-,14+,15-;;/m0../s1. The van der Waals surface area contributed by atoms with E-state index in [4.69, 9.17) is 18.9 Å². The third-order valence-electron chi connectivity index (χ3n) is 4.78. The van der Waals surface area contributed by atoms with E-state index in [0.29, 0.717) is 6.42 Å². The topological polar surface area (TPSA) is 230 Å². The normalized spacial score (nSPS) is 39.1. The van der Waals surface area contributed by atoms with Crippen molar-refractivity contribution in [2.24, 2.45) is 0 Å². The molecule has 2 aliphatic rings. The van der Waals surface area contributed by atoms with E-state index in [2.05, 4.69) is 8.37 Å². The van der Waals surface area contributed by atoms with Gasteiger partial charge in [-0.2, -0.15) is 0 Å². The van der Waals surface area contributed by atoms with E-state index in [9.17, 15) is 41.3 Å². The summed E-state index contributed by atoms with van der Waals surface area (Å²) < 4.78 is 97.2. The van der Waals surface area contributed by atoms with Crippen molar-refractivity contribution in [1.82, 2.24) is 0 Å². The Labute approximate surface area is 241 Å². The predicted octanol–water partition coefficient (Wildman–Crippen LogP) is -8.93. The van der Waals surface area contributed by atoms with Crippen molar-refractivity contribution >= 4 is 20.8 Å². The van der Waals surface area contributed by atoms with Crippen LogP contribution < -0.4 is 59.1 Å². The fourth-order valence-corrected chi connectivity index (χ4v) is 4.20. The second kappa shape index (κ2) is 14.6. The molecule has 0 aromatic heterocycles. The number of rotatable bonds is 9. The maximum atomic E-state index is 11.3. The first-order chi connectivity index (χ1) is 14.6. The quantitative estimate of drug-likeness (QED) is 0.136. The summed E-state index contributed by atoms with van der Waals surface area (Å²) >= 11 is 0. The second-order valence-electron chi connectivity index (χ2n) is 7.30. The van der Waals surface area contributed by atoms with Crippen LogP contribution in [0.25, 0.3) is 0 Å². The van der Waals surface area contributed by atoms with Gasteiger partial charge in [-0.15, -0.1) is 0 Å². The molecule has 0 bridgehead atoms. The minimum Gasteiger partial charge on any atom is -0.726 e. The van der Waals surface area contributed by atoms with Crippen molar-refractivity contribution in [1.29, 1.82) is 0 Å². The zero-order chi connectivity index (χ0) is 24.4. The molecular weight excluding hydrogens is 530 g/mol. The summed E-state index contributed by atoms with van der Waals surface area (Å²) in [5.74, 6) is 0. The number of aliphatic hydroxyl groups excluding tert-OH is 3. The van der Waals surface area contributed by atoms with Gasteiger partial charge in [-0.3, -0.25) is 8.37 Å². The van der Waals surface area contributed by atoms with Crippen LogP contribution in [0.4, 0.5) is 0 Å². The maximum absolute atomic E-state index is 11.3. The summed E-state index contributed by atoms with van der Waals surface area (Å²) in [7, 11) is -10.8. The molecular formula is C15H26Na2O15S2. The molecule has 0 unspecified atom stereocenters. The zero-order valence-electron chi connectivity index (χ0n) is 19.2. The first kappa shape index (κ1) is 35.5. The molecule has 0 radical (unpaired) electrons. The van der Waals surface area contributed by atoms with Gasteiger partial charge in [0.1, 0.15) is 24.4 Å². The molecule has 0 aromatic rings. The van der Waals surface area contributed by atoms with E-state index in [0.717, 1.165) is 0 Å². The average Bonchev–Trinajstić information content (AvgIpc) is 2.65. The number of hydrogen-bond acceptors (Lipinski definition) is 15. The molecule has 0 saturated carbocycles. The van der Waals surface area contributed by atoms with Crippen molar-refractivity contribution < 1.29 is 128 Å². The first-order valence-electron chi connectivity index (χ1n) is 9.55. The molecule has 2 aliphatic heterocycles. The third-order valence-corrected chi connectivity index (χ3v) is 5.69. The molecule has 15 nitrogen and oxygen atoms in total. The molecule has 190 valence electrons. The summed E-state index contributed by atoms with van der Waals surface area (Å²) in [5.41, 5.74) is 0. The molecule has 2 heterocycles. The van der Waals surface area contributed by atoms with E-state index >= 15 is 0 Å². The van der Waals surface area contributed by atoms with Gasteiger partial charge in [0.05, 0.1) is 12.2 Å². The molecule has 3 N–H and O–H groups in total. The van der Waals surface area contributed by atoms with Crippen molar-refractivity contribution in [2.75, 3.05) is 6.61 Å². The van der Waals surface area contributed by atoms with Gasteiger partial charge in [-0.05, 0) is 20.3 Å². The Morgan fingerprint density at radius 1 is 0.765 bits per heavy atom. The first-order valence-corrected chi connectivity index (χ1v) is 12.2. The maximum Gasteiger partial charge on any atom is 1.00 e. The van der Waals surface area contributed by atoms with Crippen LogP contribution in [-0.2, 0) is 48.1 Å². The van der Waals surface area contributed by atoms with Crippen molar-refractivity contribution in [2.45, 2.75) is 88.6 Å². The summed E-state index contributed by atoms with van der Waals surface area (Å²) in [5, 5.41) is 30.6. The fourth-order valence-electron chi connectivity index (χ4n) is 3.25. The molecule has 2 rings (SSSR count). The van der Waals surface area contributed by atoms with E-state index in [1.54, 1.807) is 6.92 Å². The van der Waals surface area contributed by atoms with Crippen LogP contribution in [0.5, 0.6) is 0 Å². The summed E-state index contributed by atoms with van der Waals surface area (Å²) in [4.78, 5) is 0. The minimum absolute atomic E-state index is 0. The monoisotopic (exact) mass is 556 g/mol. The summed E-state index contributed by atoms with van der Waals surface area (Å²) in [6.07, 6.45) is -16.3. The van der Waals surface area contributed by atoms with Gasteiger partial charge in [0, 0.05) is 6.61 Å². The zero-order valence-corrected chi connectivity index (χ0v) is 24.9. The van der Waals surface area contributed by atoms with E-state index < -0.39 is 82.2 Å². The number of ether oxygens (including phenoxy) is 4. The Bertz CT molecular complexity index is 828.